The van der Waals surface area contributed by atoms with Gasteiger partial charge in [0.1, 0.15) is 11.9 Å². The van der Waals surface area contributed by atoms with Crippen molar-refractivity contribution in [3.05, 3.63) is 94.6 Å². The molecule has 1 aliphatic carbocycles. The lowest BCUT2D eigenvalue weighted by Gasteiger charge is -2.19. The first kappa shape index (κ1) is 23.9. The van der Waals surface area contributed by atoms with E-state index < -0.39 is 0 Å². The number of nitrogens with one attached hydrogen (secondary N) is 1. The quantitative estimate of drug-likeness (QED) is 0.243. The number of aromatic nitrogens is 2. The van der Waals surface area contributed by atoms with Crippen LogP contribution in [0.4, 0.5) is 5.82 Å². The third-order valence-electron chi connectivity index (χ3n) is 5.61. The topological polar surface area (TPSA) is 117 Å². The van der Waals surface area contributed by atoms with Crippen LogP contribution in [0.15, 0.2) is 72.1 Å². The normalized spacial score (nSPS) is 15.1. The van der Waals surface area contributed by atoms with Crippen LogP contribution < -0.4 is 17.0 Å². The van der Waals surface area contributed by atoms with Crippen LogP contribution >= 0.6 is 0 Å². The molecule has 7 heteroatoms. The van der Waals surface area contributed by atoms with Crippen molar-refractivity contribution in [3.8, 4) is 6.07 Å². The van der Waals surface area contributed by atoms with Gasteiger partial charge in [-0.2, -0.15) is 5.26 Å². The Kier molecular flexibility index (Phi) is 8.14. The number of anilines is 1. The van der Waals surface area contributed by atoms with Gasteiger partial charge in [-0.05, 0) is 49.8 Å². The molecule has 1 unspecified atom stereocenters. The summed E-state index contributed by atoms with van der Waals surface area (Å²) in [7, 11) is 0. The first-order chi connectivity index (χ1) is 15.9. The van der Waals surface area contributed by atoms with Gasteiger partial charge < -0.3 is 5.73 Å². The van der Waals surface area contributed by atoms with Gasteiger partial charge in [-0.25, -0.2) is 21.2 Å². The highest BCUT2D eigenvalue weighted by Gasteiger charge is 2.11. The van der Waals surface area contributed by atoms with Gasteiger partial charge in [-0.3, -0.25) is 5.12 Å². The molecule has 7 nitrogen and oxygen atoms in total. The molecule has 33 heavy (non-hydrogen) atoms. The number of hydrogen-bond acceptors (Lipinski definition) is 7. The largest absolute Gasteiger partial charge is 0.382 e. The first-order valence-electron chi connectivity index (χ1n) is 11.0. The number of hydrogen-bond donors (Lipinski definition) is 3. The Bertz CT molecular complexity index is 1130. The molecule has 1 atom stereocenters. The Hall–Kier alpha value is -3.73. The van der Waals surface area contributed by atoms with Crippen molar-refractivity contribution in [1.29, 1.82) is 5.26 Å². The van der Waals surface area contributed by atoms with E-state index in [1.54, 1.807) is 18.5 Å². The van der Waals surface area contributed by atoms with Crippen molar-refractivity contribution in [2.24, 2.45) is 5.84 Å². The van der Waals surface area contributed by atoms with E-state index in [4.69, 9.17) is 11.6 Å². The van der Waals surface area contributed by atoms with Crippen LogP contribution in [0.1, 0.15) is 48.2 Å². The van der Waals surface area contributed by atoms with Crippen molar-refractivity contribution in [2.75, 3.05) is 12.3 Å². The molecular weight excluding hydrogens is 410 g/mol. The maximum Gasteiger partial charge on any atom is 0.144 e. The van der Waals surface area contributed by atoms with E-state index in [9.17, 15) is 5.26 Å². The number of benzene rings is 1. The molecule has 1 heterocycles. The molecule has 2 aromatic rings. The molecule has 1 aromatic heterocycles. The van der Waals surface area contributed by atoms with Gasteiger partial charge >= 0.3 is 0 Å². The van der Waals surface area contributed by atoms with Crippen LogP contribution in [0.3, 0.4) is 0 Å². The minimum Gasteiger partial charge on any atom is -0.382 e. The maximum atomic E-state index is 9.47. The van der Waals surface area contributed by atoms with Gasteiger partial charge in [-0.15, -0.1) is 0 Å². The monoisotopic (exact) mass is 441 g/mol. The summed E-state index contributed by atoms with van der Waals surface area (Å²) >= 11 is 0. The highest BCUT2D eigenvalue weighted by Crippen LogP contribution is 2.25. The predicted molar refractivity (Wildman–Crippen MR) is 133 cm³/mol. The zero-order valence-corrected chi connectivity index (χ0v) is 19.4. The van der Waals surface area contributed by atoms with E-state index in [0.29, 0.717) is 17.9 Å². The standard InChI is InChI=1S/C26H31N7/c1-18-4-10-23(11-5-18)19(2)6-7-22(14-27)17-33(29)31-15-21-8-12-24(13-9-21)25-16-30-26(28)20(3)32-25/h4-8,10-12,16-17,19,31H,9,13,15,29H2,1-3H3,(H2,28,30)/b7-6+,22-17+. The summed E-state index contributed by atoms with van der Waals surface area (Å²) in [6.45, 7) is 6.61. The second-order valence-electron chi connectivity index (χ2n) is 8.24. The van der Waals surface area contributed by atoms with Crippen molar-refractivity contribution in [2.45, 2.75) is 39.5 Å². The van der Waals surface area contributed by atoms with Gasteiger partial charge in [0.2, 0.25) is 0 Å². The number of allylic oxidation sites excluding steroid dienone is 6. The molecule has 0 radical (unpaired) electrons. The lowest BCUT2D eigenvalue weighted by molar-refractivity contribution is 0.289. The van der Waals surface area contributed by atoms with Crippen molar-refractivity contribution < 1.29 is 0 Å². The van der Waals surface area contributed by atoms with Crippen molar-refractivity contribution in [1.82, 2.24) is 20.5 Å². The number of hydrazine groups is 2. The number of aryl methyl sites for hydroxylation is 2. The predicted octanol–water partition coefficient (Wildman–Crippen LogP) is 4.23. The fourth-order valence-corrected chi connectivity index (χ4v) is 3.41. The number of nitrogens with zero attached hydrogens (tertiary/aromatic N) is 4. The average molecular weight is 442 g/mol. The fourth-order valence-electron chi connectivity index (χ4n) is 3.41. The van der Waals surface area contributed by atoms with Crippen LogP contribution in [0.5, 0.6) is 0 Å². The van der Waals surface area contributed by atoms with Gasteiger partial charge in [-0.1, -0.05) is 60.6 Å². The van der Waals surface area contributed by atoms with Crippen molar-refractivity contribution >= 4 is 11.4 Å². The molecular formula is C26H31N7. The molecule has 0 saturated carbocycles. The summed E-state index contributed by atoms with van der Waals surface area (Å²) < 4.78 is 0. The minimum atomic E-state index is 0.199. The number of rotatable bonds is 8. The molecule has 0 saturated heterocycles. The summed E-state index contributed by atoms with van der Waals surface area (Å²) in [5, 5.41) is 10.8. The van der Waals surface area contributed by atoms with E-state index in [1.807, 2.05) is 13.0 Å². The van der Waals surface area contributed by atoms with Crippen LogP contribution in [0.25, 0.3) is 5.57 Å². The zero-order chi connectivity index (χ0) is 23.8. The van der Waals surface area contributed by atoms with E-state index in [-0.39, 0.29) is 5.92 Å². The summed E-state index contributed by atoms with van der Waals surface area (Å²) in [5.74, 6) is 6.70. The minimum absolute atomic E-state index is 0.199. The van der Waals surface area contributed by atoms with Gasteiger partial charge in [0, 0.05) is 6.54 Å². The molecule has 0 fully saturated rings. The first-order valence-corrected chi connectivity index (χ1v) is 11.0. The Labute approximate surface area is 195 Å². The second kappa shape index (κ2) is 11.2. The highest BCUT2D eigenvalue weighted by atomic mass is 15.7. The van der Waals surface area contributed by atoms with Crippen LogP contribution in [0.2, 0.25) is 0 Å². The van der Waals surface area contributed by atoms with E-state index in [2.05, 4.69) is 71.7 Å². The smallest absolute Gasteiger partial charge is 0.144 e. The summed E-state index contributed by atoms with van der Waals surface area (Å²) in [6.07, 6.45) is 13.0. The Morgan fingerprint density at radius 3 is 2.64 bits per heavy atom. The number of nitriles is 1. The zero-order valence-electron chi connectivity index (χ0n) is 19.4. The maximum absolute atomic E-state index is 9.47. The molecule has 1 aliphatic rings. The molecule has 0 bridgehead atoms. The Morgan fingerprint density at radius 1 is 1.24 bits per heavy atom. The fraction of sp³-hybridized carbons (Fsp3) is 0.269. The summed E-state index contributed by atoms with van der Waals surface area (Å²) in [5.41, 5.74) is 15.7. The van der Waals surface area contributed by atoms with Crippen LogP contribution in [-0.4, -0.2) is 21.6 Å². The number of nitrogens with two attached hydrogens (primary N) is 2. The van der Waals surface area contributed by atoms with E-state index in [0.717, 1.165) is 29.8 Å². The van der Waals surface area contributed by atoms with Gasteiger partial charge in [0.05, 0.1) is 29.4 Å². The molecule has 3 rings (SSSR count). The van der Waals surface area contributed by atoms with Gasteiger partial charge in [0.15, 0.2) is 0 Å². The molecule has 1 aromatic carbocycles. The van der Waals surface area contributed by atoms with Crippen LogP contribution in [-0.2, 0) is 0 Å². The molecule has 170 valence electrons. The van der Waals surface area contributed by atoms with E-state index in [1.165, 1.54) is 21.8 Å². The number of nitrogen functional groups attached to an aromatic ring is 1. The average Bonchev–Trinajstić information content (AvgIpc) is 2.82. The molecule has 0 aliphatic heterocycles. The second-order valence-corrected chi connectivity index (χ2v) is 8.24. The van der Waals surface area contributed by atoms with E-state index >= 15 is 0 Å². The van der Waals surface area contributed by atoms with Gasteiger partial charge in [0.25, 0.3) is 0 Å². The van der Waals surface area contributed by atoms with Crippen molar-refractivity contribution in [3.63, 3.8) is 0 Å². The lowest BCUT2D eigenvalue weighted by atomic mass is 9.96. The lowest BCUT2D eigenvalue weighted by Crippen LogP contribution is -2.40. The summed E-state index contributed by atoms with van der Waals surface area (Å²) in [6, 6.07) is 10.6. The highest BCUT2D eigenvalue weighted by molar-refractivity contribution is 5.66. The molecule has 0 amide bonds. The third-order valence-corrected chi connectivity index (χ3v) is 5.61. The Balaban J connectivity index is 1.55. The SMILES string of the molecule is Cc1ccc(C(C)/C=C/C(C#N)=C\N(N)NCC2=CC=C(c3cnc(N)c(C)n3)CC2)cc1. The Morgan fingerprint density at radius 2 is 2.00 bits per heavy atom. The third kappa shape index (κ3) is 6.88. The molecule has 5 N–H and O–H groups in total. The van der Waals surface area contributed by atoms with Crippen LogP contribution in [0, 0.1) is 25.2 Å². The molecule has 0 spiro atoms. The summed E-state index contributed by atoms with van der Waals surface area (Å²) in [4.78, 5) is 8.71.